The Morgan fingerprint density at radius 3 is 2.94 bits per heavy atom. The van der Waals surface area contributed by atoms with Crippen LogP contribution in [0.5, 0.6) is 0 Å². The van der Waals surface area contributed by atoms with Gasteiger partial charge >= 0.3 is 5.97 Å². The lowest BCUT2D eigenvalue weighted by molar-refractivity contribution is -0.137. The first-order chi connectivity index (χ1) is 8.66. The molecule has 1 aliphatic heterocycles. The standard InChI is InChI=1S/C14H18ClNO2/c15-13-6-2-1-4-11(13)10-12-5-3-8-16(12)9-7-14(17)18/h1-2,4,6,12H,3,5,7-10H2,(H,17,18). The zero-order valence-corrected chi connectivity index (χ0v) is 11.1. The van der Waals surface area contributed by atoms with E-state index in [0.29, 0.717) is 12.6 Å². The van der Waals surface area contributed by atoms with Crippen LogP contribution in [0.25, 0.3) is 0 Å². The summed E-state index contributed by atoms with van der Waals surface area (Å²) < 4.78 is 0. The number of benzene rings is 1. The minimum absolute atomic E-state index is 0.221. The second-order valence-electron chi connectivity index (χ2n) is 4.77. The fraction of sp³-hybridized carbons (Fsp3) is 0.500. The summed E-state index contributed by atoms with van der Waals surface area (Å²) in [6.07, 6.45) is 3.41. The normalized spacial score (nSPS) is 20.2. The fourth-order valence-corrected chi connectivity index (χ4v) is 2.79. The van der Waals surface area contributed by atoms with Crippen molar-refractivity contribution in [2.45, 2.75) is 31.7 Å². The van der Waals surface area contributed by atoms with Gasteiger partial charge in [0.05, 0.1) is 6.42 Å². The Kier molecular flexibility index (Phi) is 4.61. The number of rotatable bonds is 5. The van der Waals surface area contributed by atoms with Crippen LogP contribution in [0.1, 0.15) is 24.8 Å². The predicted molar refractivity (Wildman–Crippen MR) is 72.0 cm³/mol. The summed E-state index contributed by atoms with van der Waals surface area (Å²) in [5.41, 5.74) is 1.16. The first kappa shape index (κ1) is 13.4. The van der Waals surface area contributed by atoms with Crippen molar-refractivity contribution in [3.8, 4) is 0 Å². The molecular weight excluding hydrogens is 250 g/mol. The molecule has 1 unspecified atom stereocenters. The highest BCUT2D eigenvalue weighted by molar-refractivity contribution is 6.31. The molecule has 1 N–H and O–H groups in total. The Balaban J connectivity index is 1.95. The van der Waals surface area contributed by atoms with Crippen LogP contribution in [0.2, 0.25) is 5.02 Å². The summed E-state index contributed by atoms with van der Waals surface area (Å²) in [4.78, 5) is 12.9. The molecule has 0 amide bonds. The van der Waals surface area contributed by atoms with E-state index in [4.69, 9.17) is 16.7 Å². The average Bonchev–Trinajstić information content (AvgIpc) is 2.77. The Morgan fingerprint density at radius 2 is 2.22 bits per heavy atom. The number of likely N-dealkylation sites (tertiary alicyclic amines) is 1. The summed E-state index contributed by atoms with van der Waals surface area (Å²) in [5.74, 6) is -0.724. The van der Waals surface area contributed by atoms with E-state index in [1.54, 1.807) is 0 Å². The zero-order chi connectivity index (χ0) is 13.0. The highest BCUT2D eigenvalue weighted by Gasteiger charge is 2.25. The van der Waals surface area contributed by atoms with Gasteiger partial charge in [0.15, 0.2) is 0 Å². The van der Waals surface area contributed by atoms with Crippen LogP contribution in [0.4, 0.5) is 0 Å². The first-order valence-corrected chi connectivity index (χ1v) is 6.74. The summed E-state index contributed by atoms with van der Waals surface area (Å²) >= 11 is 6.17. The van der Waals surface area contributed by atoms with Gasteiger partial charge in [-0.1, -0.05) is 29.8 Å². The summed E-state index contributed by atoms with van der Waals surface area (Å²) in [6.45, 7) is 1.65. The van der Waals surface area contributed by atoms with E-state index in [1.165, 1.54) is 0 Å². The van der Waals surface area contributed by atoms with E-state index in [-0.39, 0.29) is 6.42 Å². The van der Waals surface area contributed by atoms with Crippen molar-refractivity contribution in [2.24, 2.45) is 0 Å². The molecule has 18 heavy (non-hydrogen) atoms. The van der Waals surface area contributed by atoms with Crippen molar-refractivity contribution in [1.82, 2.24) is 4.90 Å². The molecule has 0 spiro atoms. The van der Waals surface area contributed by atoms with E-state index in [1.807, 2.05) is 18.2 Å². The second-order valence-corrected chi connectivity index (χ2v) is 5.18. The van der Waals surface area contributed by atoms with Gasteiger partial charge in [0.2, 0.25) is 0 Å². The summed E-state index contributed by atoms with van der Waals surface area (Å²) in [5, 5.41) is 9.55. The first-order valence-electron chi connectivity index (χ1n) is 6.36. The van der Waals surface area contributed by atoms with Gasteiger partial charge in [-0.3, -0.25) is 9.69 Å². The third-order valence-electron chi connectivity index (χ3n) is 3.53. The maximum Gasteiger partial charge on any atom is 0.304 e. The van der Waals surface area contributed by atoms with Crippen LogP contribution < -0.4 is 0 Å². The fourth-order valence-electron chi connectivity index (χ4n) is 2.58. The molecule has 1 fully saturated rings. The Hall–Kier alpha value is -1.06. The Morgan fingerprint density at radius 1 is 1.44 bits per heavy atom. The molecule has 0 saturated carbocycles. The zero-order valence-electron chi connectivity index (χ0n) is 10.3. The topological polar surface area (TPSA) is 40.5 Å². The molecule has 3 nitrogen and oxygen atoms in total. The van der Waals surface area contributed by atoms with Crippen molar-refractivity contribution < 1.29 is 9.90 Å². The van der Waals surface area contributed by atoms with Gasteiger partial charge in [0.1, 0.15) is 0 Å². The van der Waals surface area contributed by atoms with Gasteiger partial charge in [-0.15, -0.1) is 0 Å². The molecule has 1 saturated heterocycles. The van der Waals surface area contributed by atoms with Crippen LogP contribution in [-0.2, 0) is 11.2 Å². The van der Waals surface area contributed by atoms with E-state index >= 15 is 0 Å². The molecule has 4 heteroatoms. The van der Waals surface area contributed by atoms with E-state index < -0.39 is 5.97 Å². The number of carboxylic acid groups (broad SMARTS) is 1. The number of hydrogen-bond donors (Lipinski definition) is 1. The molecule has 1 aromatic carbocycles. The van der Waals surface area contributed by atoms with Crippen LogP contribution in [0.15, 0.2) is 24.3 Å². The lowest BCUT2D eigenvalue weighted by Crippen LogP contribution is -2.33. The quantitative estimate of drug-likeness (QED) is 0.892. The molecular formula is C14H18ClNO2. The van der Waals surface area contributed by atoms with Gasteiger partial charge in [-0.05, 0) is 37.4 Å². The monoisotopic (exact) mass is 267 g/mol. The third-order valence-corrected chi connectivity index (χ3v) is 3.89. The Bertz CT molecular complexity index is 422. The van der Waals surface area contributed by atoms with E-state index in [2.05, 4.69) is 11.0 Å². The highest BCUT2D eigenvalue weighted by atomic mass is 35.5. The van der Waals surface area contributed by atoms with Crippen LogP contribution in [-0.4, -0.2) is 35.1 Å². The van der Waals surface area contributed by atoms with Crippen molar-refractivity contribution in [3.63, 3.8) is 0 Å². The van der Waals surface area contributed by atoms with Crippen LogP contribution in [0.3, 0.4) is 0 Å². The lowest BCUT2D eigenvalue weighted by Gasteiger charge is -2.24. The molecule has 0 bridgehead atoms. The molecule has 0 aliphatic carbocycles. The number of halogens is 1. The summed E-state index contributed by atoms with van der Waals surface area (Å²) in [6, 6.07) is 8.33. The molecule has 0 radical (unpaired) electrons. The number of hydrogen-bond acceptors (Lipinski definition) is 2. The SMILES string of the molecule is O=C(O)CCN1CCCC1Cc1ccccc1Cl. The third kappa shape index (κ3) is 3.47. The molecule has 2 rings (SSSR count). The molecule has 0 aromatic heterocycles. The van der Waals surface area contributed by atoms with Crippen molar-refractivity contribution >= 4 is 17.6 Å². The highest BCUT2D eigenvalue weighted by Crippen LogP contribution is 2.24. The number of carbonyl (C=O) groups is 1. The van der Waals surface area contributed by atoms with Crippen LogP contribution >= 0.6 is 11.6 Å². The van der Waals surface area contributed by atoms with Crippen molar-refractivity contribution in [2.75, 3.05) is 13.1 Å². The number of nitrogens with zero attached hydrogens (tertiary/aromatic N) is 1. The molecule has 1 aliphatic rings. The van der Waals surface area contributed by atoms with Gasteiger partial charge in [0.25, 0.3) is 0 Å². The largest absolute Gasteiger partial charge is 0.481 e. The van der Waals surface area contributed by atoms with E-state index in [9.17, 15) is 4.79 Å². The van der Waals surface area contributed by atoms with Crippen LogP contribution in [0, 0.1) is 0 Å². The smallest absolute Gasteiger partial charge is 0.304 e. The lowest BCUT2D eigenvalue weighted by atomic mass is 10.0. The van der Waals surface area contributed by atoms with Crippen molar-refractivity contribution in [3.05, 3.63) is 34.9 Å². The minimum Gasteiger partial charge on any atom is -0.481 e. The van der Waals surface area contributed by atoms with Gasteiger partial charge < -0.3 is 5.11 Å². The predicted octanol–water partition coefficient (Wildman–Crippen LogP) is 2.82. The second kappa shape index (κ2) is 6.21. The molecule has 1 aromatic rings. The molecule has 1 heterocycles. The van der Waals surface area contributed by atoms with Crippen molar-refractivity contribution in [1.29, 1.82) is 0 Å². The van der Waals surface area contributed by atoms with Gasteiger partial charge in [0, 0.05) is 17.6 Å². The number of aliphatic carboxylic acids is 1. The molecule has 1 atom stereocenters. The summed E-state index contributed by atoms with van der Waals surface area (Å²) in [7, 11) is 0. The molecule has 98 valence electrons. The number of carboxylic acids is 1. The Labute approximate surface area is 112 Å². The van der Waals surface area contributed by atoms with Gasteiger partial charge in [-0.2, -0.15) is 0 Å². The maximum atomic E-state index is 10.6. The average molecular weight is 268 g/mol. The maximum absolute atomic E-state index is 10.6. The van der Waals surface area contributed by atoms with E-state index in [0.717, 1.165) is 36.4 Å². The minimum atomic E-state index is -0.724. The van der Waals surface area contributed by atoms with Gasteiger partial charge in [-0.25, -0.2) is 0 Å².